The summed E-state index contributed by atoms with van der Waals surface area (Å²) in [5.74, 6) is 2.68. The Morgan fingerprint density at radius 1 is 1.00 bits per heavy atom. The van der Waals surface area contributed by atoms with Crippen molar-refractivity contribution in [3.05, 3.63) is 83.8 Å². The standard InChI is InChI=1S/C24H23ClN4O2S2/c25-19-11-9-18(10-12-19)23-27-28-24(29(23)16-20-6-4-14-31-20)33-17-22(30)26-13-5-15-32-21-7-2-1-3-8-21/h1-4,6-12,14H,5,13,15-17H2,(H,26,30). The molecule has 2 aromatic carbocycles. The highest BCUT2D eigenvalue weighted by Gasteiger charge is 2.17. The Bertz CT molecular complexity index is 1150. The molecule has 2 aromatic heterocycles. The van der Waals surface area contributed by atoms with Gasteiger partial charge in [0.15, 0.2) is 11.0 Å². The fraction of sp³-hybridized carbons (Fsp3) is 0.208. The number of rotatable bonds is 11. The van der Waals surface area contributed by atoms with Crippen LogP contribution in [0.3, 0.4) is 0 Å². The molecule has 0 aliphatic carbocycles. The number of aromatic nitrogens is 3. The summed E-state index contributed by atoms with van der Waals surface area (Å²) in [5.41, 5.74) is 0.894. The number of amides is 1. The van der Waals surface area contributed by atoms with Gasteiger partial charge in [-0.25, -0.2) is 0 Å². The third-order valence-corrected chi connectivity index (χ3v) is 7.02. The molecule has 1 N–H and O–H groups in total. The molecule has 4 aromatic rings. The number of carbonyl (C=O) groups is 1. The maximum absolute atomic E-state index is 12.4. The second kappa shape index (κ2) is 12.0. The SMILES string of the molecule is O=C(CSc1nnc(-c2ccc(Cl)cc2)n1Cc1ccco1)NCCCSc1ccccc1. The maximum Gasteiger partial charge on any atom is 0.230 e. The van der Waals surface area contributed by atoms with Crippen LogP contribution in [0, 0.1) is 0 Å². The lowest BCUT2D eigenvalue weighted by atomic mass is 10.2. The fourth-order valence-corrected chi connectivity index (χ4v) is 4.86. The Hall–Kier alpha value is -2.68. The van der Waals surface area contributed by atoms with Crippen LogP contribution in [0.2, 0.25) is 5.02 Å². The first-order valence-corrected chi connectivity index (χ1v) is 12.8. The summed E-state index contributed by atoms with van der Waals surface area (Å²) >= 11 is 9.18. The Labute approximate surface area is 206 Å². The monoisotopic (exact) mass is 498 g/mol. The zero-order valence-corrected chi connectivity index (χ0v) is 20.2. The summed E-state index contributed by atoms with van der Waals surface area (Å²) in [6.45, 7) is 1.12. The molecule has 0 spiro atoms. The zero-order chi connectivity index (χ0) is 22.9. The van der Waals surface area contributed by atoms with Gasteiger partial charge in [0, 0.05) is 22.0 Å². The number of hydrogen-bond acceptors (Lipinski definition) is 6. The molecule has 0 atom stereocenters. The third kappa shape index (κ3) is 6.90. The number of hydrogen-bond donors (Lipinski definition) is 1. The van der Waals surface area contributed by atoms with E-state index < -0.39 is 0 Å². The average Bonchev–Trinajstić information content (AvgIpc) is 3.49. The predicted octanol–water partition coefficient (Wildman–Crippen LogP) is 5.63. The first-order valence-electron chi connectivity index (χ1n) is 10.5. The van der Waals surface area contributed by atoms with Gasteiger partial charge in [0.1, 0.15) is 5.76 Å². The van der Waals surface area contributed by atoms with E-state index in [2.05, 4.69) is 27.6 Å². The van der Waals surface area contributed by atoms with Gasteiger partial charge in [-0.05, 0) is 60.7 Å². The van der Waals surface area contributed by atoms with Crippen LogP contribution in [-0.2, 0) is 11.3 Å². The third-order valence-electron chi connectivity index (χ3n) is 4.70. The van der Waals surface area contributed by atoms with Crippen molar-refractivity contribution in [1.29, 1.82) is 0 Å². The van der Waals surface area contributed by atoms with E-state index >= 15 is 0 Å². The van der Waals surface area contributed by atoms with Crippen LogP contribution < -0.4 is 5.32 Å². The van der Waals surface area contributed by atoms with E-state index in [0.29, 0.717) is 29.1 Å². The van der Waals surface area contributed by atoms with Gasteiger partial charge in [-0.3, -0.25) is 9.36 Å². The van der Waals surface area contributed by atoms with Crippen molar-refractivity contribution in [2.75, 3.05) is 18.1 Å². The topological polar surface area (TPSA) is 73.0 Å². The molecule has 0 saturated heterocycles. The van der Waals surface area contributed by atoms with Crippen molar-refractivity contribution in [3.8, 4) is 11.4 Å². The molecule has 0 aliphatic heterocycles. The lowest BCUT2D eigenvalue weighted by Gasteiger charge is -2.09. The minimum Gasteiger partial charge on any atom is -0.467 e. The molecule has 4 rings (SSSR count). The van der Waals surface area contributed by atoms with E-state index in [1.54, 1.807) is 18.0 Å². The highest BCUT2D eigenvalue weighted by molar-refractivity contribution is 7.99. The van der Waals surface area contributed by atoms with Gasteiger partial charge in [-0.15, -0.1) is 22.0 Å². The first kappa shape index (κ1) is 23.5. The van der Waals surface area contributed by atoms with Gasteiger partial charge in [0.2, 0.25) is 5.91 Å². The van der Waals surface area contributed by atoms with Crippen molar-refractivity contribution in [1.82, 2.24) is 20.1 Å². The largest absolute Gasteiger partial charge is 0.467 e. The van der Waals surface area contributed by atoms with Crippen LogP contribution in [-0.4, -0.2) is 38.7 Å². The number of nitrogens with zero attached hydrogens (tertiary/aromatic N) is 3. The lowest BCUT2D eigenvalue weighted by Crippen LogP contribution is -2.26. The number of halogens is 1. The van der Waals surface area contributed by atoms with Crippen molar-refractivity contribution < 1.29 is 9.21 Å². The average molecular weight is 499 g/mol. The summed E-state index contributed by atoms with van der Waals surface area (Å²) in [4.78, 5) is 13.6. The van der Waals surface area contributed by atoms with Crippen molar-refractivity contribution in [2.45, 2.75) is 23.0 Å². The van der Waals surface area contributed by atoms with E-state index in [1.807, 2.05) is 59.2 Å². The van der Waals surface area contributed by atoms with Crippen LogP contribution >= 0.6 is 35.1 Å². The number of carbonyl (C=O) groups excluding carboxylic acids is 1. The number of furan rings is 1. The van der Waals surface area contributed by atoms with E-state index in [0.717, 1.165) is 23.5 Å². The smallest absolute Gasteiger partial charge is 0.230 e. The highest BCUT2D eigenvalue weighted by Crippen LogP contribution is 2.26. The summed E-state index contributed by atoms with van der Waals surface area (Å²) in [6, 6.07) is 21.5. The van der Waals surface area contributed by atoms with E-state index in [-0.39, 0.29) is 11.7 Å². The molecule has 0 bridgehead atoms. The Morgan fingerprint density at radius 3 is 2.58 bits per heavy atom. The molecular weight excluding hydrogens is 476 g/mol. The molecule has 2 heterocycles. The van der Waals surface area contributed by atoms with Crippen LogP contribution in [0.25, 0.3) is 11.4 Å². The molecule has 0 unspecified atom stereocenters. The minimum atomic E-state index is -0.0229. The Balaban J connectivity index is 1.32. The molecular formula is C24H23ClN4O2S2. The van der Waals surface area contributed by atoms with Crippen LogP contribution in [0.15, 0.2) is 87.5 Å². The summed E-state index contributed by atoms with van der Waals surface area (Å²) in [5, 5.41) is 13.0. The number of nitrogens with one attached hydrogen (secondary N) is 1. The molecule has 0 aliphatic rings. The number of thioether (sulfide) groups is 2. The Kier molecular flexibility index (Phi) is 8.52. The number of benzene rings is 2. The molecule has 0 saturated carbocycles. The van der Waals surface area contributed by atoms with Crippen LogP contribution in [0.4, 0.5) is 0 Å². The second-order valence-electron chi connectivity index (χ2n) is 7.13. The highest BCUT2D eigenvalue weighted by atomic mass is 35.5. The van der Waals surface area contributed by atoms with Gasteiger partial charge in [-0.2, -0.15) is 0 Å². The van der Waals surface area contributed by atoms with Crippen LogP contribution in [0.1, 0.15) is 12.2 Å². The van der Waals surface area contributed by atoms with E-state index in [4.69, 9.17) is 16.0 Å². The fourth-order valence-electron chi connectivity index (χ4n) is 3.10. The van der Waals surface area contributed by atoms with Crippen LogP contribution in [0.5, 0.6) is 0 Å². The molecule has 0 radical (unpaired) electrons. The van der Waals surface area contributed by atoms with Gasteiger partial charge >= 0.3 is 0 Å². The van der Waals surface area contributed by atoms with Gasteiger partial charge < -0.3 is 9.73 Å². The van der Waals surface area contributed by atoms with Crippen molar-refractivity contribution in [2.24, 2.45) is 0 Å². The molecule has 9 heteroatoms. The molecule has 33 heavy (non-hydrogen) atoms. The van der Waals surface area contributed by atoms with Crippen molar-refractivity contribution in [3.63, 3.8) is 0 Å². The van der Waals surface area contributed by atoms with Gasteiger partial charge in [0.25, 0.3) is 0 Å². The quantitative estimate of drug-likeness (QED) is 0.213. The Morgan fingerprint density at radius 2 is 1.82 bits per heavy atom. The maximum atomic E-state index is 12.4. The molecule has 170 valence electrons. The van der Waals surface area contributed by atoms with Gasteiger partial charge in [0.05, 0.1) is 18.6 Å². The lowest BCUT2D eigenvalue weighted by molar-refractivity contribution is -0.118. The predicted molar refractivity (Wildman–Crippen MR) is 134 cm³/mol. The van der Waals surface area contributed by atoms with Gasteiger partial charge in [-0.1, -0.05) is 41.6 Å². The molecule has 1 amide bonds. The van der Waals surface area contributed by atoms with E-state index in [9.17, 15) is 4.79 Å². The second-order valence-corrected chi connectivity index (χ2v) is 9.68. The minimum absolute atomic E-state index is 0.0229. The normalized spacial score (nSPS) is 10.9. The first-order chi connectivity index (χ1) is 16.2. The summed E-state index contributed by atoms with van der Waals surface area (Å²) < 4.78 is 7.47. The van der Waals surface area contributed by atoms with E-state index in [1.165, 1.54) is 16.7 Å². The molecule has 6 nitrogen and oxygen atoms in total. The zero-order valence-electron chi connectivity index (χ0n) is 17.8. The van der Waals surface area contributed by atoms with Crippen molar-refractivity contribution >= 4 is 41.0 Å². The summed E-state index contributed by atoms with van der Waals surface area (Å²) in [6.07, 6.45) is 2.54. The molecule has 0 fully saturated rings. The summed E-state index contributed by atoms with van der Waals surface area (Å²) in [7, 11) is 0.